The van der Waals surface area contributed by atoms with Crippen LogP contribution >= 0.6 is 12.6 Å². The molecule has 0 saturated heterocycles. The van der Waals surface area contributed by atoms with Gasteiger partial charge in [-0.25, -0.2) is 4.79 Å². The van der Waals surface area contributed by atoms with Crippen molar-refractivity contribution >= 4 is 42.3 Å². The fourth-order valence-corrected chi connectivity index (χ4v) is 2.28. The number of hydrogen-bond acceptors (Lipinski definition) is 7. The molecule has 0 rings (SSSR count). The highest BCUT2D eigenvalue weighted by Crippen LogP contribution is 2.07. The van der Waals surface area contributed by atoms with Crippen molar-refractivity contribution in [1.29, 1.82) is 0 Å². The molecule has 0 aliphatic heterocycles. The summed E-state index contributed by atoms with van der Waals surface area (Å²) in [5.74, 6) is -4.96. The van der Waals surface area contributed by atoms with E-state index >= 15 is 0 Å². The van der Waals surface area contributed by atoms with Gasteiger partial charge in [0.25, 0.3) is 0 Å². The number of hydrogen-bond donors (Lipinski definition) is 7. The molecular formula is C16H28N4O7S. The lowest BCUT2D eigenvalue weighted by atomic mass is 10.0. The molecule has 0 radical (unpaired) electrons. The predicted octanol–water partition coefficient (Wildman–Crippen LogP) is -1.68. The van der Waals surface area contributed by atoms with Gasteiger partial charge in [0.15, 0.2) is 0 Å². The molecule has 11 nitrogen and oxygen atoms in total. The third-order valence-electron chi connectivity index (χ3n) is 3.62. The first kappa shape index (κ1) is 25.7. The highest BCUT2D eigenvalue weighted by molar-refractivity contribution is 7.80. The zero-order valence-corrected chi connectivity index (χ0v) is 16.9. The number of thiol groups is 1. The van der Waals surface area contributed by atoms with Crippen molar-refractivity contribution in [2.45, 2.75) is 57.8 Å². The van der Waals surface area contributed by atoms with Crippen LogP contribution < -0.4 is 21.7 Å². The fourth-order valence-electron chi connectivity index (χ4n) is 2.12. The van der Waals surface area contributed by atoms with E-state index < -0.39 is 60.2 Å². The normalized spacial score (nSPS) is 15.1. The van der Waals surface area contributed by atoms with Crippen LogP contribution in [0.25, 0.3) is 0 Å². The lowest BCUT2D eigenvalue weighted by molar-refractivity contribution is -0.147. The van der Waals surface area contributed by atoms with Gasteiger partial charge in [-0.15, -0.1) is 0 Å². The number of rotatable bonds is 12. The Bertz CT molecular complexity index is 600. The fraction of sp³-hybridized carbons (Fsp3) is 0.688. The molecular weight excluding hydrogens is 392 g/mol. The Balaban J connectivity index is 5.12. The number of aliphatic carboxylic acids is 2. The topological polar surface area (TPSA) is 188 Å². The predicted molar refractivity (Wildman–Crippen MR) is 103 cm³/mol. The van der Waals surface area contributed by atoms with Crippen LogP contribution in [-0.2, 0) is 24.0 Å². The van der Waals surface area contributed by atoms with Crippen molar-refractivity contribution in [3.8, 4) is 0 Å². The molecule has 0 aliphatic carbocycles. The van der Waals surface area contributed by atoms with Crippen molar-refractivity contribution in [1.82, 2.24) is 16.0 Å². The Morgan fingerprint density at radius 3 is 1.86 bits per heavy atom. The minimum absolute atomic E-state index is 0.0405. The summed E-state index contributed by atoms with van der Waals surface area (Å²) in [6.07, 6.45) is -0.634. The van der Waals surface area contributed by atoms with E-state index in [9.17, 15) is 24.0 Å². The minimum Gasteiger partial charge on any atom is -0.481 e. The standard InChI is InChI=1S/C16H28N4O7S/c1-7(2)4-10(15(25)20-11(16(26)27)5-12(21)22)19-13(23)8(3)18-14(24)9(17)6-28/h7-11,28H,4-6,17H2,1-3H3,(H,18,24)(H,19,23)(H,20,25)(H,21,22)(H,26,27). The molecule has 0 saturated carbocycles. The summed E-state index contributed by atoms with van der Waals surface area (Å²) < 4.78 is 0. The molecule has 0 heterocycles. The van der Waals surface area contributed by atoms with Crippen molar-refractivity contribution in [3.05, 3.63) is 0 Å². The second kappa shape index (κ2) is 12.2. The molecule has 28 heavy (non-hydrogen) atoms. The van der Waals surface area contributed by atoms with Gasteiger partial charge in [-0.3, -0.25) is 19.2 Å². The maximum Gasteiger partial charge on any atom is 0.326 e. The lowest BCUT2D eigenvalue weighted by Gasteiger charge is -2.24. The SMILES string of the molecule is CC(C)CC(NC(=O)C(C)NC(=O)C(N)CS)C(=O)NC(CC(=O)O)C(=O)O. The molecule has 0 bridgehead atoms. The summed E-state index contributed by atoms with van der Waals surface area (Å²) >= 11 is 3.89. The molecule has 0 aliphatic rings. The highest BCUT2D eigenvalue weighted by atomic mass is 32.1. The molecule has 7 N–H and O–H groups in total. The summed E-state index contributed by atoms with van der Waals surface area (Å²) in [4.78, 5) is 58.3. The number of nitrogens with two attached hydrogens (primary N) is 1. The second-order valence-corrected chi connectivity index (χ2v) is 7.07. The van der Waals surface area contributed by atoms with E-state index in [4.69, 9.17) is 15.9 Å². The van der Waals surface area contributed by atoms with Crippen LogP contribution in [0.3, 0.4) is 0 Å². The molecule has 0 spiro atoms. The molecule has 12 heteroatoms. The van der Waals surface area contributed by atoms with Crippen molar-refractivity contribution in [3.63, 3.8) is 0 Å². The Hall–Kier alpha value is -2.34. The number of carbonyl (C=O) groups is 5. The number of amides is 3. The summed E-state index contributed by atoms with van der Waals surface area (Å²) in [5.41, 5.74) is 5.52. The van der Waals surface area contributed by atoms with Crippen LogP contribution in [0, 0.1) is 5.92 Å². The Labute approximate surface area is 168 Å². The second-order valence-electron chi connectivity index (χ2n) is 6.71. The quantitative estimate of drug-likeness (QED) is 0.182. The van der Waals surface area contributed by atoms with Crippen LogP contribution in [0.5, 0.6) is 0 Å². The van der Waals surface area contributed by atoms with Gasteiger partial charge in [0.05, 0.1) is 12.5 Å². The Morgan fingerprint density at radius 1 is 0.893 bits per heavy atom. The maximum absolute atomic E-state index is 12.4. The minimum atomic E-state index is -1.64. The van der Waals surface area contributed by atoms with Gasteiger partial charge in [0.1, 0.15) is 18.1 Å². The molecule has 160 valence electrons. The van der Waals surface area contributed by atoms with E-state index in [0.717, 1.165) is 0 Å². The van der Waals surface area contributed by atoms with Crippen LogP contribution in [-0.4, -0.2) is 69.8 Å². The van der Waals surface area contributed by atoms with Gasteiger partial charge in [0.2, 0.25) is 17.7 Å². The first-order chi connectivity index (χ1) is 12.9. The summed E-state index contributed by atoms with van der Waals surface area (Å²) in [7, 11) is 0. The zero-order chi connectivity index (χ0) is 22.0. The zero-order valence-electron chi connectivity index (χ0n) is 16.0. The van der Waals surface area contributed by atoms with Crippen LogP contribution in [0.4, 0.5) is 0 Å². The highest BCUT2D eigenvalue weighted by Gasteiger charge is 2.30. The van der Waals surface area contributed by atoms with Gasteiger partial charge >= 0.3 is 11.9 Å². The van der Waals surface area contributed by atoms with E-state index in [1.165, 1.54) is 6.92 Å². The average Bonchev–Trinajstić information content (AvgIpc) is 2.58. The van der Waals surface area contributed by atoms with E-state index in [1.54, 1.807) is 13.8 Å². The van der Waals surface area contributed by atoms with Gasteiger partial charge < -0.3 is 31.9 Å². The van der Waals surface area contributed by atoms with Gasteiger partial charge in [-0.2, -0.15) is 12.6 Å². The van der Waals surface area contributed by atoms with E-state index in [-0.39, 0.29) is 18.1 Å². The van der Waals surface area contributed by atoms with Crippen molar-refractivity contribution < 1.29 is 34.2 Å². The smallest absolute Gasteiger partial charge is 0.326 e. The molecule has 0 fully saturated rings. The molecule has 4 atom stereocenters. The van der Waals surface area contributed by atoms with Crippen molar-refractivity contribution in [2.75, 3.05) is 5.75 Å². The van der Waals surface area contributed by atoms with Gasteiger partial charge in [-0.1, -0.05) is 13.8 Å². The molecule has 0 aromatic carbocycles. The Kier molecular flexibility index (Phi) is 11.2. The molecule has 0 aromatic heterocycles. The number of nitrogens with one attached hydrogen (secondary N) is 3. The first-order valence-electron chi connectivity index (χ1n) is 8.61. The van der Waals surface area contributed by atoms with Crippen LogP contribution in [0.15, 0.2) is 0 Å². The van der Waals surface area contributed by atoms with Crippen LogP contribution in [0.1, 0.15) is 33.6 Å². The van der Waals surface area contributed by atoms with Gasteiger partial charge in [0, 0.05) is 5.75 Å². The maximum atomic E-state index is 12.4. The van der Waals surface area contributed by atoms with E-state index in [1.807, 2.05) is 0 Å². The summed E-state index contributed by atoms with van der Waals surface area (Å²) in [6, 6.07) is -4.65. The van der Waals surface area contributed by atoms with Crippen LogP contribution in [0.2, 0.25) is 0 Å². The first-order valence-corrected chi connectivity index (χ1v) is 9.24. The van der Waals surface area contributed by atoms with Gasteiger partial charge in [-0.05, 0) is 19.3 Å². The van der Waals surface area contributed by atoms with Crippen molar-refractivity contribution in [2.24, 2.45) is 11.7 Å². The molecule has 0 aromatic rings. The third-order valence-corrected chi connectivity index (χ3v) is 4.01. The molecule has 3 amide bonds. The summed E-state index contributed by atoms with van der Waals surface area (Å²) in [5, 5.41) is 24.7. The van der Waals surface area contributed by atoms with E-state index in [0.29, 0.717) is 0 Å². The monoisotopic (exact) mass is 420 g/mol. The number of carboxylic acids is 2. The summed E-state index contributed by atoms with van der Waals surface area (Å²) in [6.45, 7) is 4.97. The number of carboxylic acid groups (broad SMARTS) is 2. The Morgan fingerprint density at radius 2 is 1.43 bits per heavy atom. The largest absolute Gasteiger partial charge is 0.481 e. The third kappa shape index (κ3) is 9.55. The lowest BCUT2D eigenvalue weighted by Crippen LogP contribution is -2.56. The molecule has 4 unspecified atom stereocenters. The average molecular weight is 420 g/mol. The van der Waals surface area contributed by atoms with E-state index in [2.05, 4.69) is 28.6 Å². The number of carbonyl (C=O) groups excluding carboxylic acids is 3.